The Hall–Kier alpha value is -4.28. The molecule has 2 aromatic rings. The Morgan fingerprint density at radius 2 is 1.79 bits per heavy atom. The number of aromatic hydroxyl groups is 1. The molecule has 0 spiro atoms. The number of likely N-dealkylation sites (N-methyl/N-ethyl adjacent to an activating group) is 1. The number of primary amides is 1. The van der Waals surface area contributed by atoms with Gasteiger partial charge in [0.05, 0.1) is 11.6 Å². The first-order chi connectivity index (χ1) is 18.0. The summed E-state index contributed by atoms with van der Waals surface area (Å²) >= 11 is 0. The monoisotopic (exact) mass is 517 g/mol. The summed E-state index contributed by atoms with van der Waals surface area (Å²) in [5, 5.41) is 44.5. The van der Waals surface area contributed by atoms with Crippen molar-refractivity contribution in [2.75, 3.05) is 14.1 Å². The van der Waals surface area contributed by atoms with Crippen molar-refractivity contribution in [3.63, 3.8) is 0 Å². The number of Topliss-reactive ketones (excluding diaryl/α,β-unsaturated/α-hetero) is 2. The van der Waals surface area contributed by atoms with Gasteiger partial charge in [-0.25, -0.2) is 0 Å². The molecule has 6 N–H and O–H groups in total. The summed E-state index contributed by atoms with van der Waals surface area (Å²) in [5.74, 6) is -6.71. The molecule has 0 unspecified atom stereocenters. The minimum Gasteiger partial charge on any atom is -0.508 e. The van der Waals surface area contributed by atoms with E-state index in [-0.39, 0.29) is 29.7 Å². The van der Waals surface area contributed by atoms with Gasteiger partial charge in [0.1, 0.15) is 22.8 Å². The molecule has 38 heavy (non-hydrogen) atoms. The fraction of sp³-hybridized carbons (Fsp3) is 0.286. The average Bonchev–Trinajstić information content (AvgIpc) is 2.86. The molecule has 1 fully saturated rings. The fourth-order valence-electron chi connectivity index (χ4n) is 6.08. The van der Waals surface area contributed by atoms with Gasteiger partial charge in [-0.1, -0.05) is 18.2 Å². The molecule has 1 aromatic heterocycles. The zero-order chi connectivity index (χ0) is 27.5. The van der Waals surface area contributed by atoms with Crippen LogP contribution in [-0.2, 0) is 20.8 Å². The van der Waals surface area contributed by atoms with Crippen LogP contribution in [0.1, 0.15) is 28.7 Å². The lowest BCUT2D eigenvalue weighted by molar-refractivity contribution is -0.153. The van der Waals surface area contributed by atoms with E-state index in [0.717, 1.165) is 5.56 Å². The van der Waals surface area contributed by atoms with Crippen LogP contribution in [0.15, 0.2) is 53.6 Å². The Labute approximate surface area is 218 Å². The zero-order valence-electron chi connectivity index (χ0n) is 20.8. The van der Waals surface area contributed by atoms with Crippen molar-refractivity contribution in [2.45, 2.75) is 24.5 Å². The highest BCUT2D eigenvalue weighted by molar-refractivity contribution is 6.24. The summed E-state index contributed by atoms with van der Waals surface area (Å²) in [6, 6.07) is 5.62. The molecule has 196 valence electrons. The normalized spacial score (nSPS) is 27.0. The van der Waals surface area contributed by atoms with E-state index in [9.17, 15) is 34.8 Å². The Bertz CT molecular complexity index is 1470. The number of fused-ring (bicyclic) bond motifs is 3. The molecule has 1 aromatic carbocycles. The third-order valence-electron chi connectivity index (χ3n) is 7.80. The van der Waals surface area contributed by atoms with Crippen molar-refractivity contribution >= 4 is 35.4 Å². The summed E-state index contributed by atoms with van der Waals surface area (Å²) in [7, 11) is 3.13. The SMILES string of the molecule is CN(C)[C@H]1C(=O)C(C(N)=O)=C(O)[C@@]2(O)C(=O)C3=C(O)c4c(O)ccc(/C=C/c5ccncc5)c4C[C@H]3C[C@@H]12. The van der Waals surface area contributed by atoms with Crippen LogP contribution < -0.4 is 5.73 Å². The van der Waals surface area contributed by atoms with E-state index in [1.165, 1.54) is 11.0 Å². The van der Waals surface area contributed by atoms with Gasteiger partial charge in [0.2, 0.25) is 5.78 Å². The maximum atomic E-state index is 13.9. The van der Waals surface area contributed by atoms with Crippen molar-refractivity contribution < 1.29 is 34.8 Å². The van der Waals surface area contributed by atoms with Gasteiger partial charge < -0.3 is 26.2 Å². The smallest absolute Gasteiger partial charge is 0.255 e. The number of carbonyl (C=O) groups is 3. The number of nitrogens with zero attached hydrogens (tertiary/aromatic N) is 2. The Kier molecular flexibility index (Phi) is 5.96. The van der Waals surface area contributed by atoms with Gasteiger partial charge in [-0.2, -0.15) is 0 Å². The number of aliphatic hydroxyl groups is 3. The first-order valence-corrected chi connectivity index (χ1v) is 12.1. The number of phenols is 1. The molecule has 1 amide bonds. The van der Waals surface area contributed by atoms with E-state index in [0.29, 0.717) is 11.1 Å². The lowest BCUT2D eigenvalue weighted by Gasteiger charge is -2.50. The largest absolute Gasteiger partial charge is 0.508 e. The fourth-order valence-corrected chi connectivity index (χ4v) is 6.08. The minimum atomic E-state index is -2.65. The van der Waals surface area contributed by atoms with Gasteiger partial charge >= 0.3 is 0 Å². The van der Waals surface area contributed by atoms with Crippen LogP contribution in [0.5, 0.6) is 5.75 Å². The van der Waals surface area contributed by atoms with Crippen LogP contribution in [-0.4, -0.2) is 73.5 Å². The highest BCUT2D eigenvalue weighted by atomic mass is 16.3. The number of ketones is 2. The molecule has 10 nitrogen and oxygen atoms in total. The van der Waals surface area contributed by atoms with E-state index in [1.54, 1.807) is 32.6 Å². The molecule has 0 aliphatic heterocycles. The maximum Gasteiger partial charge on any atom is 0.255 e. The molecule has 4 atom stereocenters. The number of aliphatic hydroxyl groups excluding tert-OH is 2. The van der Waals surface area contributed by atoms with Crippen LogP contribution in [0.25, 0.3) is 17.9 Å². The van der Waals surface area contributed by atoms with Crippen LogP contribution in [0.2, 0.25) is 0 Å². The van der Waals surface area contributed by atoms with Crippen molar-refractivity contribution in [3.8, 4) is 5.75 Å². The van der Waals surface area contributed by atoms with Crippen LogP contribution in [0.3, 0.4) is 0 Å². The van der Waals surface area contributed by atoms with Gasteiger partial charge in [0, 0.05) is 23.9 Å². The molecule has 0 saturated heterocycles. The molecule has 1 saturated carbocycles. The highest BCUT2D eigenvalue weighted by Gasteiger charge is 2.64. The second-order valence-electron chi connectivity index (χ2n) is 10.1. The first-order valence-electron chi connectivity index (χ1n) is 12.1. The van der Waals surface area contributed by atoms with E-state index in [2.05, 4.69) is 4.98 Å². The summed E-state index contributed by atoms with van der Waals surface area (Å²) < 4.78 is 0. The molecular formula is C28H27N3O7. The number of hydrogen-bond donors (Lipinski definition) is 5. The maximum absolute atomic E-state index is 13.9. The highest BCUT2D eigenvalue weighted by Crippen LogP contribution is 2.53. The number of phenolic OH excluding ortho intramolecular Hbond substituents is 1. The number of rotatable bonds is 4. The number of carbonyl (C=O) groups excluding carboxylic acids is 3. The Morgan fingerprint density at radius 1 is 1.11 bits per heavy atom. The summed E-state index contributed by atoms with van der Waals surface area (Å²) in [6.07, 6.45) is 7.25. The third-order valence-corrected chi connectivity index (χ3v) is 7.80. The predicted octanol–water partition coefficient (Wildman–Crippen LogP) is 1.53. The molecule has 1 heterocycles. The lowest BCUT2D eigenvalue weighted by Crippen LogP contribution is -2.65. The van der Waals surface area contributed by atoms with Crippen LogP contribution >= 0.6 is 0 Å². The predicted molar refractivity (Wildman–Crippen MR) is 137 cm³/mol. The van der Waals surface area contributed by atoms with Gasteiger partial charge in [-0.15, -0.1) is 0 Å². The van der Waals surface area contributed by atoms with Gasteiger partial charge in [0.25, 0.3) is 5.91 Å². The van der Waals surface area contributed by atoms with E-state index < -0.39 is 58.0 Å². The first kappa shape index (κ1) is 25.4. The number of aromatic nitrogens is 1. The molecule has 3 aliphatic rings. The third kappa shape index (κ3) is 3.56. The van der Waals surface area contributed by atoms with Crippen molar-refractivity contribution in [3.05, 3.63) is 75.8 Å². The summed E-state index contributed by atoms with van der Waals surface area (Å²) in [4.78, 5) is 44.6. The van der Waals surface area contributed by atoms with Crippen LogP contribution in [0.4, 0.5) is 0 Å². The number of amides is 1. The Morgan fingerprint density at radius 3 is 2.42 bits per heavy atom. The van der Waals surface area contributed by atoms with E-state index in [1.807, 2.05) is 24.3 Å². The van der Waals surface area contributed by atoms with Gasteiger partial charge in [-0.3, -0.25) is 24.3 Å². The molecule has 5 rings (SSSR count). The zero-order valence-corrected chi connectivity index (χ0v) is 20.8. The van der Waals surface area contributed by atoms with Crippen LogP contribution in [0, 0.1) is 11.8 Å². The number of pyridine rings is 1. The van der Waals surface area contributed by atoms with Gasteiger partial charge in [-0.05, 0) is 67.7 Å². The van der Waals surface area contributed by atoms with Crippen molar-refractivity contribution in [1.29, 1.82) is 0 Å². The topological polar surface area (TPSA) is 174 Å². The molecule has 0 bridgehead atoms. The summed E-state index contributed by atoms with van der Waals surface area (Å²) in [6.45, 7) is 0. The van der Waals surface area contributed by atoms with Crippen molar-refractivity contribution in [2.24, 2.45) is 17.6 Å². The summed E-state index contributed by atoms with van der Waals surface area (Å²) in [5.41, 5.74) is 3.92. The number of hydrogen-bond acceptors (Lipinski definition) is 9. The minimum absolute atomic E-state index is 0.0366. The number of nitrogens with two attached hydrogens (primary N) is 1. The molecule has 0 radical (unpaired) electrons. The Balaban J connectivity index is 1.68. The van der Waals surface area contributed by atoms with Gasteiger partial charge in [0.15, 0.2) is 11.4 Å². The molecule has 3 aliphatic carbocycles. The van der Waals surface area contributed by atoms with E-state index in [4.69, 9.17) is 5.73 Å². The lowest BCUT2D eigenvalue weighted by atomic mass is 9.57. The van der Waals surface area contributed by atoms with E-state index >= 15 is 0 Å². The molecule has 10 heteroatoms. The number of benzene rings is 1. The average molecular weight is 518 g/mol. The van der Waals surface area contributed by atoms with Crippen molar-refractivity contribution in [1.82, 2.24) is 9.88 Å². The standard InChI is InChI=1S/C28H27N3O7/c1-31(2)22-17-12-15-11-16-14(4-3-13-7-9-30-10-8-13)5-6-18(32)20(16)23(33)19(15)25(35)28(17,38)26(36)21(24(22)34)27(29)37/h3-10,15,17,22,32-33,36,38H,11-12H2,1-2H3,(H2,29,37)/b4-3+/t15-,17-,22+,28-/m0/s1. The quantitative estimate of drug-likeness (QED) is 0.377. The second kappa shape index (κ2) is 8.93. The second-order valence-corrected chi connectivity index (χ2v) is 10.1. The molecular weight excluding hydrogens is 490 g/mol.